The molecule has 0 saturated heterocycles. The van der Waals surface area contributed by atoms with Gasteiger partial charge in [0.2, 0.25) is 0 Å². The highest BCUT2D eigenvalue weighted by molar-refractivity contribution is 5.71. The summed E-state index contributed by atoms with van der Waals surface area (Å²) in [4.78, 5) is 12.9. The van der Waals surface area contributed by atoms with Crippen molar-refractivity contribution in [2.75, 3.05) is 0 Å². The molecule has 3 rings (SSSR count). The predicted octanol–water partition coefficient (Wildman–Crippen LogP) is 0.764. The number of rotatable bonds is 1. The van der Waals surface area contributed by atoms with Crippen LogP contribution in [-0.2, 0) is 14.1 Å². The van der Waals surface area contributed by atoms with Crippen molar-refractivity contribution in [1.29, 1.82) is 0 Å². The highest BCUT2D eigenvalue weighted by atomic mass is 15.3. The smallest absolute Gasteiger partial charge is 0.180 e. The molecule has 0 atom stereocenters. The quantitative estimate of drug-likeness (QED) is 0.600. The van der Waals surface area contributed by atoms with Gasteiger partial charge >= 0.3 is 0 Å². The lowest BCUT2D eigenvalue weighted by molar-refractivity contribution is 0.770. The third kappa shape index (κ3) is 1.19. The first-order valence-corrected chi connectivity index (χ1v) is 4.88. The van der Waals surface area contributed by atoms with Crippen molar-refractivity contribution in [3.8, 4) is 11.5 Å². The minimum atomic E-state index is 0.663. The molecule has 0 spiro atoms. The number of hydrogen-bond donors (Lipinski definition) is 0. The summed E-state index contributed by atoms with van der Waals surface area (Å²) in [6, 6.07) is 1.89. The minimum Gasteiger partial charge on any atom is -0.318 e. The summed E-state index contributed by atoms with van der Waals surface area (Å²) in [6.07, 6.45) is 5.18. The second-order valence-corrected chi connectivity index (χ2v) is 3.60. The summed E-state index contributed by atoms with van der Waals surface area (Å²) in [5.41, 5.74) is 2.52. The normalized spacial score (nSPS) is 11.1. The molecule has 0 unspecified atom stereocenters. The van der Waals surface area contributed by atoms with Crippen molar-refractivity contribution in [3.63, 3.8) is 0 Å². The van der Waals surface area contributed by atoms with Gasteiger partial charge in [0.15, 0.2) is 11.5 Å². The summed E-state index contributed by atoms with van der Waals surface area (Å²) >= 11 is 0. The van der Waals surface area contributed by atoms with E-state index in [1.165, 1.54) is 0 Å². The Morgan fingerprint density at radius 3 is 2.81 bits per heavy atom. The highest BCUT2D eigenvalue weighted by Gasteiger charge is 2.08. The first kappa shape index (κ1) is 9.02. The van der Waals surface area contributed by atoms with Crippen LogP contribution in [0.3, 0.4) is 0 Å². The first-order valence-electron chi connectivity index (χ1n) is 4.88. The van der Waals surface area contributed by atoms with Gasteiger partial charge in [0.25, 0.3) is 0 Å². The maximum absolute atomic E-state index is 4.47. The third-order valence-corrected chi connectivity index (χ3v) is 2.50. The maximum atomic E-state index is 4.47. The van der Waals surface area contributed by atoms with Crippen LogP contribution in [0.25, 0.3) is 22.7 Å². The van der Waals surface area contributed by atoms with Crippen molar-refractivity contribution in [1.82, 2.24) is 29.3 Å². The van der Waals surface area contributed by atoms with Crippen LogP contribution in [0.1, 0.15) is 0 Å². The van der Waals surface area contributed by atoms with Crippen LogP contribution in [0.4, 0.5) is 0 Å². The molecule has 6 nitrogen and oxygen atoms in total. The van der Waals surface area contributed by atoms with Gasteiger partial charge < -0.3 is 4.57 Å². The molecule has 3 aromatic rings. The van der Waals surface area contributed by atoms with Crippen molar-refractivity contribution in [3.05, 3.63) is 24.8 Å². The number of aromatic nitrogens is 6. The molecule has 0 radical (unpaired) electrons. The van der Waals surface area contributed by atoms with Crippen LogP contribution in [0.2, 0.25) is 0 Å². The zero-order chi connectivity index (χ0) is 11.1. The lowest BCUT2D eigenvalue weighted by atomic mass is 10.4. The molecule has 0 amide bonds. The third-order valence-electron chi connectivity index (χ3n) is 2.50. The number of nitrogens with zero attached hydrogens (tertiary/aromatic N) is 6. The Morgan fingerprint density at radius 2 is 2.06 bits per heavy atom. The molecule has 16 heavy (non-hydrogen) atoms. The Labute approximate surface area is 91.6 Å². The zero-order valence-electron chi connectivity index (χ0n) is 8.99. The fourth-order valence-electron chi connectivity index (χ4n) is 1.64. The van der Waals surface area contributed by atoms with Crippen molar-refractivity contribution in [2.24, 2.45) is 14.1 Å². The average molecular weight is 214 g/mol. The van der Waals surface area contributed by atoms with E-state index in [9.17, 15) is 0 Å². The lowest BCUT2D eigenvalue weighted by Gasteiger charge is -2.00. The number of hydrogen-bond acceptors (Lipinski definition) is 4. The molecule has 0 N–H and O–H groups in total. The number of imidazole rings is 1. The van der Waals surface area contributed by atoms with Crippen LogP contribution >= 0.6 is 0 Å². The SMILES string of the molecule is Cn1nccc1-c1ncc2ncn(C)c2n1. The Hall–Kier alpha value is -2.24. The van der Waals surface area contributed by atoms with E-state index in [4.69, 9.17) is 0 Å². The highest BCUT2D eigenvalue weighted by Crippen LogP contribution is 2.15. The molecular formula is C10H10N6. The molecule has 0 saturated carbocycles. The van der Waals surface area contributed by atoms with Crippen LogP contribution in [0.15, 0.2) is 24.8 Å². The van der Waals surface area contributed by atoms with E-state index in [2.05, 4.69) is 20.1 Å². The van der Waals surface area contributed by atoms with E-state index in [1.807, 2.05) is 24.7 Å². The number of fused-ring (bicyclic) bond motifs is 1. The van der Waals surface area contributed by atoms with Gasteiger partial charge in [0, 0.05) is 20.3 Å². The van der Waals surface area contributed by atoms with Gasteiger partial charge in [-0.2, -0.15) is 5.10 Å². The second-order valence-electron chi connectivity index (χ2n) is 3.60. The van der Waals surface area contributed by atoms with Gasteiger partial charge in [0.05, 0.1) is 12.5 Å². The maximum Gasteiger partial charge on any atom is 0.180 e. The minimum absolute atomic E-state index is 0.663. The predicted molar refractivity (Wildman–Crippen MR) is 58.5 cm³/mol. The van der Waals surface area contributed by atoms with Gasteiger partial charge in [-0.05, 0) is 6.07 Å². The van der Waals surface area contributed by atoms with Crippen molar-refractivity contribution in [2.45, 2.75) is 0 Å². The summed E-state index contributed by atoms with van der Waals surface area (Å²) < 4.78 is 3.62. The topological polar surface area (TPSA) is 61.4 Å². The Bertz CT molecular complexity index is 650. The van der Waals surface area contributed by atoms with E-state index < -0.39 is 0 Å². The van der Waals surface area contributed by atoms with E-state index in [-0.39, 0.29) is 0 Å². The molecule has 3 heterocycles. The molecule has 0 aliphatic carbocycles. The Kier molecular flexibility index (Phi) is 1.76. The van der Waals surface area contributed by atoms with Crippen LogP contribution < -0.4 is 0 Å². The molecule has 0 aliphatic heterocycles. The molecule has 0 bridgehead atoms. The summed E-state index contributed by atoms with van der Waals surface area (Å²) in [7, 11) is 3.78. The fraction of sp³-hybridized carbons (Fsp3) is 0.200. The van der Waals surface area contributed by atoms with Crippen LogP contribution in [-0.4, -0.2) is 29.3 Å². The molecule has 0 aliphatic rings. The average Bonchev–Trinajstić information content (AvgIpc) is 2.86. The summed E-state index contributed by atoms with van der Waals surface area (Å²) in [6.45, 7) is 0. The Morgan fingerprint density at radius 1 is 1.19 bits per heavy atom. The van der Waals surface area contributed by atoms with E-state index in [0.29, 0.717) is 5.82 Å². The van der Waals surface area contributed by atoms with Crippen molar-refractivity contribution < 1.29 is 0 Å². The molecule has 80 valence electrons. The van der Waals surface area contributed by atoms with E-state index in [1.54, 1.807) is 23.4 Å². The summed E-state index contributed by atoms with van der Waals surface area (Å²) in [5.74, 6) is 0.663. The zero-order valence-corrected chi connectivity index (χ0v) is 8.99. The monoisotopic (exact) mass is 214 g/mol. The van der Waals surface area contributed by atoms with E-state index in [0.717, 1.165) is 16.9 Å². The van der Waals surface area contributed by atoms with Gasteiger partial charge in [-0.25, -0.2) is 15.0 Å². The molecule has 6 heteroatoms. The van der Waals surface area contributed by atoms with Gasteiger partial charge in [-0.3, -0.25) is 4.68 Å². The molecule has 0 aromatic carbocycles. The van der Waals surface area contributed by atoms with Crippen LogP contribution in [0, 0.1) is 0 Å². The summed E-state index contributed by atoms with van der Waals surface area (Å²) in [5, 5.41) is 4.10. The largest absolute Gasteiger partial charge is 0.318 e. The first-order chi connectivity index (χ1) is 7.75. The molecule has 0 fully saturated rings. The van der Waals surface area contributed by atoms with Crippen molar-refractivity contribution >= 4 is 11.2 Å². The van der Waals surface area contributed by atoms with E-state index >= 15 is 0 Å². The standard InChI is InChI=1S/C10H10N6/c1-15-6-12-7-5-11-9(14-10(7)15)8-3-4-13-16(8)2/h3-6H,1-2H3. The lowest BCUT2D eigenvalue weighted by Crippen LogP contribution is -1.98. The second kappa shape index (κ2) is 3.13. The van der Waals surface area contributed by atoms with Gasteiger partial charge in [-0.1, -0.05) is 0 Å². The molecule has 3 aromatic heterocycles. The van der Waals surface area contributed by atoms with Gasteiger partial charge in [0.1, 0.15) is 11.2 Å². The fourth-order valence-corrected chi connectivity index (χ4v) is 1.64. The van der Waals surface area contributed by atoms with Crippen LogP contribution in [0.5, 0.6) is 0 Å². The number of aryl methyl sites for hydroxylation is 2. The Balaban J connectivity index is 2.25. The molecular weight excluding hydrogens is 204 g/mol. The van der Waals surface area contributed by atoms with Gasteiger partial charge in [-0.15, -0.1) is 0 Å².